The molecule has 1 aliphatic rings. The van der Waals surface area contributed by atoms with Gasteiger partial charge in [-0.15, -0.1) is 0 Å². The van der Waals surface area contributed by atoms with Crippen LogP contribution in [0.3, 0.4) is 0 Å². The average molecular weight is 388 g/mol. The SMILES string of the molecule is C[C@H]1C[C@@H](C(=O)Nc2ccc(Oc3cccc(S(C)(=O)=O)c3)cc2)CCN1. The Morgan fingerprint density at radius 1 is 1.15 bits per heavy atom. The molecular formula is C20H24N2O4S. The van der Waals surface area contributed by atoms with Crippen molar-refractivity contribution in [3.63, 3.8) is 0 Å². The Morgan fingerprint density at radius 2 is 1.89 bits per heavy atom. The van der Waals surface area contributed by atoms with Crippen LogP contribution in [-0.2, 0) is 14.6 Å². The van der Waals surface area contributed by atoms with Crippen molar-refractivity contribution >= 4 is 21.4 Å². The highest BCUT2D eigenvalue weighted by Crippen LogP contribution is 2.26. The number of benzene rings is 2. The third kappa shape index (κ3) is 5.30. The normalized spacial score (nSPS) is 20.1. The van der Waals surface area contributed by atoms with E-state index in [4.69, 9.17) is 4.74 Å². The monoisotopic (exact) mass is 388 g/mol. The Bertz CT molecular complexity index is 910. The maximum atomic E-state index is 12.4. The summed E-state index contributed by atoms with van der Waals surface area (Å²) in [7, 11) is -3.28. The molecular weight excluding hydrogens is 364 g/mol. The molecule has 2 aromatic rings. The van der Waals surface area contributed by atoms with Crippen LogP contribution in [0.2, 0.25) is 0 Å². The second-order valence-corrected chi connectivity index (χ2v) is 8.95. The van der Waals surface area contributed by atoms with E-state index in [0.29, 0.717) is 23.2 Å². The first-order chi connectivity index (χ1) is 12.8. The first-order valence-corrected chi connectivity index (χ1v) is 10.8. The summed E-state index contributed by atoms with van der Waals surface area (Å²) in [4.78, 5) is 12.6. The topological polar surface area (TPSA) is 84.5 Å². The molecule has 0 spiro atoms. The third-order valence-electron chi connectivity index (χ3n) is 4.59. The molecule has 144 valence electrons. The predicted molar refractivity (Wildman–Crippen MR) is 105 cm³/mol. The molecule has 7 heteroatoms. The van der Waals surface area contributed by atoms with Crippen molar-refractivity contribution in [2.75, 3.05) is 18.1 Å². The number of carbonyl (C=O) groups excluding carboxylic acids is 1. The van der Waals surface area contributed by atoms with E-state index in [1.165, 1.54) is 12.1 Å². The Kier molecular flexibility index (Phi) is 5.82. The molecule has 0 saturated carbocycles. The minimum Gasteiger partial charge on any atom is -0.457 e. The van der Waals surface area contributed by atoms with Crippen molar-refractivity contribution in [3.05, 3.63) is 48.5 Å². The molecule has 6 nitrogen and oxygen atoms in total. The van der Waals surface area contributed by atoms with Gasteiger partial charge in [-0.3, -0.25) is 4.79 Å². The van der Waals surface area contributed by atoms with Gasteiger partial charge in [-0.2, -0.15) is 0 Å². The van der Waals surface area contributed by atoms with Crippen molar-refractivity contribution in [1.82, 2.24) is 5.32 Å². The van der Waals surface area contributed by atoms with E-state index in [0.717, 1.165) is 25.6 Å². The van der Waals surface area contributed by atoms with Crippen LogP contribution in [-0.4, -0.2) is 33.2 Å². The van der Waals surface area contributed by atoms with Crippen LogP contribution >= 0.6 is 0 Å². The number of hydrogen-bond donors (Lipinski definition) is 2. The highest BCUT2D eigenvalue weighted by molar-refractivity contribution is 7.90. The summed E-state index contributed by atoms with van der Waals surface area (Å²) in [6, 6.07) is 13.8. The van der Waals surface area contributed by atoms with Gasteiger partial charge in [0.2, 0.25) is 5.91 Å². The Morgan fingerprint density at radius 3 is 2.56 bits per heavy atom. The molecule has 1 amide bonds. The van der Waals surface area contributed by atoms with Gasteiger partial charge in [0, 0.05) is 23.9 Å². The maximum absolute atomic E-state index is 12.4. The average Bonchev–Trinajstić information content (AvgIpc) is 2.63. The molecule has 1 heterocycles. The summed E-state index contributed by atoms with van der Waals surface area (Å²) < 4.78 is 29.0. The van der Waals surface area contributed by atoms with Crippen molar-refractivity contribution in [3.8, 4) is 11.5 Å². The van der Waals surface area contributed by atoms with Crippen LogP contribution in [0.25, 0.3) is 0 Å². The largest absolute Gasteiger partial charge is 0.457 e. The van der Waals surface area contributed by atoms with E-state index in [1.807, 2.05) is 0 Å². The lowest BCUT2D eigenvalue weighted by Gasteiger charge is -2.27. The van der Waals surface area contributed by atoms with E-state index in [-0.39, 0.29) is 16.7 Å². The summed E-state index contributed by atoms with van der Waals surface area (Å²) in [6.07, 6.45) is 2.84. The summed E-state index contributed by atoms with van der Waals surface area (Å²) in [5.74, 6) is 1.07. The molecule has 2 aromatic carbocycles. The van der Waals surface area contributed by atoms with E-state index in [9.17, 15) is 13.2 Å². The van der Waals surface area contributed by atoms with Gasteiger partial charge in [0.1, 0.15) is 11.5 Å². The van der Waals surface area contributed by atoms with Crippen LogP contribution in [0.15, 0.2) is 53.4 Å². The van der Waals surface area contributed by atoms with Gasteiger partial charge >= 0.3 is 0 Å². The number of sulfone groups is 1. The Hall–Kier alpha value is -2.38. The van der Waals surface area contributed by atoms with Gasteiger partial charge in [-0.25, -0.2) is 8.42 Å². The summed E-state index contributed by atoms with van der Waals surface area (Å²) >= 11 is 0. The maximum Gasteiger partial charge on any atom is 0.227 e. The lowest BCUT2D eigenvalue weighted by atomic mass is 9.92. The summed E-state index contributed by atoms with van der Waals surface area (Å²) in [5.41, 5.74) is 0.712. The van der Waals surface area contributed by atoms with Gasteiger partial charge in [-0.1, -0.05) is 6.07 Å². The standard InChI is InChI=1S/C20H24N2O4S/c1-14-12-15(10-11-21-14)20(23)22-16-6-8-17(9-7-16)26-18-4-3-5-19(13-18)27(2,24)25/h3-9,13-15,21H,10-12H2,1-2H3,(H,22,23)/t14-,15-/m0/s1. The van der Waals surface area contributed by atoms with Crippen molar-refractivity contribution in [2.24, 2.45) is 5.92 Å². The second kappa shape index (κ2) is 8.10. The van der Waals surface area contributed by atoms with Crippen LogP contribution in [0.5, 0.6) is 11.5 Å². The molecule has 2 atom stereocenters. The van der Waals surface area contributed by atoms with Gasteiger partial charge in [0.05, 0.1) is 4.90 Å². The molecule has 2 N–H and O–H groups in total. The van der Waals surface area contributed by atoms with Crippen LogP contribution in [0, 0.1) is 5.92 Å². The van der Waals surface area contributed by atoms with Crippen molar-refractivity contribution in [1.29, 1.82) is 0 Å². The predicted octanol–water partition coefficient (Wildman–Crippen LogP) is 3.21. The van der Waals surface area contributed by atoms with Gasteiger partial charge < -0.3 is 15.4 Å². The molecule has 1 aliphatic heterocycles. The molecule has 0 radical (unpaired) electrons. The van der Waals surface area contributed by atoms with Gasteiger partial charge in [0.25, 0.3) is 0 Å². The summed E-state index contributed by atoms with van der Waals surface area (Å²) in [6.45, 7) is 2.95. The minimum atomic E-state index is -3.28. The lowest BCUT2D eigenvalue weighted by Crippen LogP contribution is -2.40. The number of rotatable bonds is 5. The zero-order chi connectivity index (χ0) is 19.4. The first kappa shape index (κ1) is 19.4. The van der Waals surface area contributed by atoms with Crippen LogP contribution in [0.4, 0.5) is 5.69 Å². The molecule has 27 heavy (non-hydrogen) atoms. The van der Waals surface area contributed by atoms with Gasteiger partial charge in [-0.05, 0) is 68.8 Å². The van der Waals surface area contributed by atoms with E-state index in [1.54, 1.807) is 36.4 Å². The fourth-order valence-corrected chi connectivity index (χ4v) is 3.78. The third-order valence-corrected chi connectivity index (χ3v) is 5.70. The minimum absolute atomic E-state index is 0.0240. The molecule has 0 aromatic heterocycles. The molecule has 3 rings (SSSR count). The Labute approximate surface area is 159 Å². The Balaban J connectivity index is 1.63. The fourth-order valence-electron chi connectivity index (χ4n) is 3.13. The smallest absolute Gasteiger partial charge is 0.227 e. The number of piperidine rings is 1. The summed E-state index contributed by atoms with van der Waals surface area (Å²) in [5, 5.41) is 6.29. The number of hydrogen-bond acceptors (Lipinski definition) is 5. The van der Waals surface area contributed by atoms with Crippen LogP contribution in [0.1, 0.15) is 19.8 Å². The quantitative estimate of drug-likeness (QED) is 0.822. The van der Waals surface area contributed by atoms with E-state index in [2.05, 4.69) is 17.6 Å². The van der Waals surface area contributed by atoms with Crippen molar-refractivity contribution < 1.29 is 17.9 Å². The van der Waals surface area contributed by atoms with E-state index >= 15 is 0 Å². The molecule has 1 fully saturated rings. The number of carbonyl (C=O) groups is 1. The number of amides is 1. The zero-order valence-corrected chi connectivity index (χ0v) is 16.3. The highest BCUT2D eigenvalue weighted by atomic mass is 32.2. The number of ether oxygens (including phenoxy) is 1. The molecule has 1 saturated heterocycles. The van der Waals surface area contributed by atoms with Crippen molar-refractivity contribution in [2.45, 2.75) is 30.7 Å². The molecule has 0 bridgehead atoms. The number of nitrogens with one attached hydrogen (secondary N) is 2. The van der Waals surface area contributed by atoms with Gasteiger partial charge in [0.15, 0.2) is 9.84 Å². The molecule has 0 aliphatic carbocycles. The van der Waals surface area contributed by atoms with Crippen LogP contribution < -0.4 is 15.4 Å². The second-order valence-electron chi connectivity index (χ2n) is 6.94. The fraction of sp³-hybridized carbons (Fsp3) is 0.350. The first-order valence-electron chi connectivity index (χ1n) is 8.93. The zero-order valence-electron chi connectivity index (χ0n) is 15.4. The van der Waals surface area contributed by atoms with E-state index < -0.39 is 9.84 Å². The highest BCUT2D eigenvalue weighted by Gasteiger charge is 2.24. The molecule has 0 unspecified atom stereocenters. The number of anilines is 1. The lowest BCUT2D eigenvalue weighted by molar-refractivity contribution is -0.120.